The van der Waals surface area contributed by atoms with Crippen LogP contribution in [0.3, 0.4) is 0 Å². The van der Waals surface area contributed by atoms with E-state index in [2.05, 4.69) is 0 Å². The second-order valence-corrected chi connectivity index (χ2v) is 3.99. The number of carboxylic acids is 1. The zero-order valence-electron chi connectivity index (χ0n) is 9.92. The maximum absolute atomic E-state index is 11.5. The van der Waals surface area contributed by atoms with Crippen molar-refractivity contribution in [2.45, 2.75) is 6.42 Å². The number of hydrogen-bond donors (Lipinski definition) is 1. The number of anilines is 1. The minimum absolute atomic E-state index is 0.0573. The van der Waals surface area contributed by atoms with Gasteiger partial charge in [-0.15, -0.1) is 0 Å². The molecule has 0 aliphatic carbocycles. The van der Waals surface area contributed by atoms with Crippen molar-refractivity contribution in [2.24, 2.45) is 0 Å². The molecule has 0 spiro atoms. The smallest absolute Gasteiger partial charge is 0.327 e. The molecule has 1 aromatic rings. The van der Waals surface area contributed by atoms with Crippen LogP contribution in [0.4, 0.5) is 5.69 Å². The average molecular weight is 247 g/mol. The summed E-state index contributed by atoms with van der Waals surface area (Å²) in [7, 11) is 1.69. The van der Waals surface area contributed by atoms with Crippen LogP contribution in [0.1, 0.15) is 5.56 Å². The van der Waals surface area contributed by atoms with Crippen LogP contribution in [0, 0.1) is 0 Å². The molecule has 94 valence electrons. The number of ether oxygens (including phenoxy) is 1. The molecule has 0 atom stereocenters. The maximum Gasteiger partial charge on any atom is 0.327 e. The molecule has 2 rings (SSSR count). The van der Waals surface area contributed by atoms with E-state index in [-0.39, 0.29) is 12.5 Å². The van der Waals surface area contributed by atoms with E-state index >= 15 is 0 Å². The first kappa shape index (κ1) is 12.2. The fraction of sp³-hybridized carbons (Fsp3) is 0.231. The number of benzene rings is 1. The zero-order chi connectivity index (χ0) is 13.1. The molecular formula is C13H13NO4. The van der Waals surface area contributed by atoms with Crippen molar-refractivity contribution in [3.63, 3.8) is 0 Å². The van der Waals surface area contributed by atoms with Gasteiger partial charge in [-0.3, -0.25) is 4.79 Å². The van der Waals surface area contributed by atoms with Crippen molar-refractivity contribution in [3.8, 4) is 5.75 Å². The summed E-state index contributed by atoms with van der Waals surface area (Å²) in [6.07, 6.45) is 3.17. The Morgan fingerprint density at radius 1 is 1.56 bits per heavy atom. The van der Waals surface area contributed by atoms with Gasteiger partial charge in [-0.1, -0.05) is 12.1 Å². The van der Waals surface area contributed by atoms with Gasteiger partial charge in [0, 0.05) is 13.1 Å². The van der Waals surface area contributed by atoms with Gasteiger partial charge in [0.2, 0.25) is 0 Å². The third-order valence-corrected chi connectivity index (χ3v) is 2.72. The van der Waals surface area contributed by atoms with E-state index in [1.165, 1.54) is 0 Å². The number of hydrogen-bond acceptors (Lipinski definition) is 3. The van der Waals surface area contributed by atoms with E-state index < -0.39 is 5.97 Å². The lowest BCUT2D eigenvalue weighted by atomic mass is 10.1. The molecule has 0 fully saturated rings. The van der Waals surface area contributed by atoms with Gasteiger partial charge in [0.05, 0.1) is 5.69 Å². The highest BCUT2D eigenvalue weighted by Crippen LogP contribution is 2.32. The lowest BCUT2D eigenvalue weighted by Crippen LogP contribution is -2.35. The zero-order valence-corrected chi connectivity index (χ0v) is 9.92. The molecular weight excluding hydrogens is 234 g/mol. The van der Waals surface area contributed by atoms with Gasteiger partial charge in [0.25, 0.3) is 5.91 Å². The van der Waals surface area contributed by atoms with E-state index in [4.69, 9.17) is 9.84 Å². The first-order chi connectivity index (χ1) is 8.58. The maximum atomic E-state index is 11.5. The summed E-state index contributed by atoms with van der Waals surface area (Å²) in [5.74, 6) is -0.396. The average Bonchev–Trinajstić information content (AvgIpc) is 2.34. The number of carbonyl (C=O) groups is 2. The van der Waals surface area contributed by atoms with Crippen LogP contribution in [-0.4, -0.2) is 30.6 Å². The highest BCUT2D eigenvalue weighted by Gasteiger charge is 2.21. The van der Waals surface area contributed by atoms with Crippen molar-refractivity contribution < 1.29 is 19.4 Å². The minimum Gasteiger partial charge on any atom is -0.482 e. The van der Waals surface area contributed by atoms with Crippen LogP contribution in [0.25, 0.3) is 0 Å². The number of carboxylic acid groups (broad SMARTS) is 1. The van der Waals surface area contributed by atoms with Crippen LogP contribution >= 0.6 is 0 Å². The monoisotopic (exact) mass is 247 g/mol. The third kappa shape index (κ3) is 2.51. The number of aliphatic carboxylic acids is 1. The molecule has 0 aromatic heterocycles. The van der Waals surface area contributed by atoms with Crippen molar-refractivity contribution in [2.75, 3.05) is 18.6 Å². The molecule has 18 heavy (non-hydrogen) atoms. The topological polar surface area (TPSA) is 66.8 Å². The molecule has 0 bridgehead atoms. The van der Waals surface area contributed by atoms with E-state index in [0.717, 1.165) is 11.6 Å². The summed E-state index contributed by atoms with van der Waals surface area (Å²) in [5, 5.41) is 8.50. The molecule has 1 amide bonds. The fourth-order valence-corrected chi connectivity index (χ4v) is 1.74. The predicted octanol–water partition coefficient (Wildman–Crippen LogP) is 1.23. The number of carbonyl (C=O) groups excluding carboxylic acids is 1. The minimum atomic E-state index is -0.969. The SMILES string of the molecule is CN1C(=O)COc2ccc(C/C=C/C(=O)O)cc21. The van der Waals surface area contributed by atoms with Gasteiger partial charge >= 0.3 is 5.97 Å². The van der Waals surface area contributed by atoms with Crippen molar-refractivity contribution in [1.29, 1.82) is 0 Å². The molecule has 0 unspecified atom stereocenters. The summed E-state index contributed by atoms with van der Waals surface area (Å²) in [6, 6.07) is 5.48. The standard InChI is InChI=1S/C13H13NO4/c1-14-10-7-9(3-2-4-13(16)17)5-6-11(10)18-8-12(14)15/h2,4-7H,3,8H2,1H3,(H,16,17)/b4-2+. The molecule has 1 aliphatic rings. The second-order valence-electron chi connectivity index (χ2n) is 3.99. The molecule has 0 saturated carbocycles. The lowest BCUT2D eigenvalue weighted by molar-refractivity contribution is -0.131. The Hall–Kier alpha value is -2.30. The number of allylic oxidation sites excluding steroid dienone is 1. The summed E-state index contributed by atoms with van der Waals surface area (Å²) in [6.45, 7) is 0.0573. The molecule has 1 N–H and O–H groups in total. The van der Waals surface area contributed by atoms with Gasteiger partial charge < -0.3 is 14.7 Å². The summed E-state index contributed by atoms with van der Waals surface area (Å²) in [4.78, 5) is 23.4. The van der Waals surface area contributed by atoms with Crippen molar-refractivity contribution in [3.05, 3.63) is 35.9 Å². The summed E-state index contributed by atoms with van der Waals surface area (Å²) < 4.78 is 5.30. The highest BCUT2D eigenvalue weighted by molar-refractivity contribution is 5.97. The number of fused-ring (bicyclic) bond motifs is 1. The normalized spacial score (nSPS) is 14.5. The second kappa shape index (κ2) is 4.91. The molecule has 5 heteroatoms. The Labute approximate surface area is 104 Å². The first-order valence-corrected chi connectivity index (χ1v) is 5.49. The number of likely N-dealkylation sites (N-methyl/N-ethyl adjacent to an activating group) is 1. The molecule has 5 nitrogen and oxygen atoms in total. The van der Waals surface area contributed by atoms with Crippen molar-refractivity contribution >= 4 is 17.6 Å². The van der Waals surface area contributed by atoms with E-state index in [1.807, 2.05) is 12.1 Å². The Morgan fingerprint density at radius 3 is 3.06 bits per heavy atom. The van der Waals surface area contributed by atoms with Gasteiger partial charge in [-0.2, -0.15) is 0 Å². The summed E-state index contributed by atoms with van der Waals surface area (Å²) >= 11 is 0. The number of amides is 1. The van der Waals surface area contributed by atoms with Gasteiger partial charge in [0.1, 0.15) is 5.75 Å². The molecule has 1 aliphatic heterocycles. The van der Waals surface area contributed by atoms with Crippen LogP contribution in [0.5, 0.6) is 5.75 Å². The quantitative estimate of drug-likeness (QED) is 0.816. The number of rotatable bonds is 3. The Bertz CT molecular complexity index is 522. The molecule has 0 saturated heterocycles. The van der Waals surface area contributed by atoms with E-state index in [1.54, 1.807) is 24.1 Å². The van der Waals surface area contributed by atoms with Gasteiger partial charge in [-0.05, 0) is 24.1 Å². The third-order valence-electron chi connectivity index (χ3n) is 2.72. The Balaban J connectivity index is 2.21. The lowest BCUT2D eigenvalue weighted by Gasteiger charge is -2.26. The Kier molecular flexibility index (Phi) is 3.32. The number of nitrogens with zero attached hydrogens (tertiary/aromatic N) is 1. The van der Waals surface area contributed by atoms with Crippen LogP contribution in [-0.2, 0) is 16.0 Å². The Morgan fingerprint density at radius 2 is 2.33 bits per heavy atom. The molecule has 1 aromatic carbocycles. The molecule has 0 radical (unpaired) electrons. The van der Waals surface area contributed by atoms with Crippen molar-refractivity contribution in [1.82, 2.24) is 0 Å². The van der Waals surface area contributed by atoms with Crippen LogP contribution in [0.15, 0.2) is 30.4 Å². The van der Waals surface area contributed by atoms with Crippen LogP contribution in [0.2, 0.25) is 0 Å². The predicted molar refractivity (Wildman–Crippen MR) is 65.8 cm³/mol. The first-order valence-electron chi connectivity index (χ1n) is 5.49. The largest absolute Gasteiger partial charge is 0.482 e. The molecule has 1 heterocycles. The van der Waals surface area contributed by atoms with E-state index in [0.29, 0.717) is 17.9 Å². The van der Waals surface area contributed by atoms with E-state index in [9.17, 15) is 9.59 Å². The van der Waals surface area contributed by atoms with Crippen LogP contribution < -0.4 is 9.64 Å². The highest BCUT2D eigenvalue weighted by atomic mass is 16.5. The van der Waals surface area contributed by atoms with Gasteiger partial charge in [-0.25, -0.2) is 4.79 Å². The fourth-order valence-electron chi connectivity index (χ4n) is 1.74. The summed E-state index contributed by atoms with van der Waals surface area (Å²) in [5.41, 5.74) is 1.64. The van der Waals surface area contributed by atoms with Gasteiger partial charge in [0.15, 0.2) is 6.61 Å².